The van der Waals surface area contributed by atoms with E-state index >= 15 is 0 Å². The Bertz CT molecular complexity index is 416. The van der Waals surface area contributed by atoms with Crippen LogP contribution in [0.25, 0.3) is 0 Å². The fourth-order valence-corrected chi connectivity index (χ4v) is 2.19. The highest BCUT2D eigenvalue weighted by molar-refractivity contribution is 9.10. The molecule has 4 heteroatoms. The van der Waals surface area contributed by atoms with Crippen molar-refractivity contribution in [3.05, 3.63) is 28.2 Å². The van der Waals surface area contributed by atoms with E-state index in [4.69, 9.17) is 9.47 Å². The lowest BCUT2D eigenvalue weighted by molar-refractivity contribution is -0.149. The zero-order valence-corrected chi connectivity index (χ0v) is 12.8. The maximum absolute atomic E-state index is 11.7. The minimum atomic E-state index is -0.561. The number of rotatable bonds is 5. The fraction of sp³-hybridized carbons (Fsp3) is 0.500. The summed E-state index contributed by atoms with van der Waals surface area (Å²) in [6, 6.07) is 5.76. The summed E-state index contributed by atoms with van der Waals surface area (Å²) < 4.78 is 11.4. The molecule has 0 spiro atoms. The molecule has 0 amide bonds. The van der Waals surface area contributed by atoms with E-state index in [1.807, 2.05) is 39.0 Å². The third-order valence-corrected chi connectivity index (χ3v) is 3.13. The summed E-state index contributed by atoms with van der Waals surface area (Å²) in [6.07, 6.45) is 0.0708. The number of hydrogen-bond donors (Lipinski definition) is 0. The van der Waals surface area contributed by atoms with Crippen molar-refractivity contribution in [1.29, 1.82) is 0 Å². The molecule has 0 saturated carbocycles. The van der Waals surface area contributed by atoms with Crippen LogP contribution in [0.4, 0.5) is 0 Å². The molecule has 3 nitrogen and oxygen atoms in total. The van der Waals surface area contributed by atoms with Gasteiger partial charge in [-0.3, -0.25) is 0 Å². The molecule has 0 aliphatic carbocycles. The Morgan fingerprint density at radius 1 is 1.39 bits per heavy atom. The van der Waals surface area contributed by atoms with Gasteiger partial charge in [0, 0.05) is 0 Å². The van der Waals surface area contributed by atoms with Gasteiger partial charge in [-0.25, -0.2) is 4.79 Å². The van der Waals surface area contributed by atoms with Gasteiger partial charge in [-0.15, -0.1) is 0 Å². The lowest BCUT2D eigenvalue weighted by Crippen LogP contribution is -2.30. The Labute approximate surface area is 117 Å². The number of carbonyl (C=O) groups is 1. The summed E-state index contributed by atoms with van der Waals surface area (Å²) in [5.41, 5.74) is 1.13. The van der Waals surface area contributed by atoms with Crippen molar-refractivity contribution in [2.24, 2.45) is 5.92 Å². The van der Waals surface area contributed by atoms with E-state index in [2.05, 4.69) is 15.9 Å². The van der Waals surface area contributed by atoms with Gasteiger partial charge < -0.3 is 9.47 Å². The van der Waals surface area contributed by atoms with Crippen molar-refractivity contribution in [3.63, 3.8) is 0 Å². The molecular weight excluding hydrogens is 296 g/mol. The molecule has 0 radical (unpaired) electrons. The number of esters is 1. The third kappa shape index (κ3) is 4.33. The van der Waals surface area contributed by atoms with Crippen LogP contribution in [0.5, 0.6) is 5.75 Å². The van der Waals surface area contributed by atoms with Gasteiger partial charge in [0.2, 0.25) is 0 Å². The quantitative estimate of drug-likeness (QED) is 0.777. The van der Waals surface area contributed by atoms with Crippen LogP contribution in [0, 0.1) is 12.8 Å². The van der Waals surface area contributed by atoms with Gasteiger partial charge in [0.1, 0.15) is 5.75 Å². The molecule has 0 aliphatic heterocycles. The number of aryl methyl sites for hydroxylation is 1. The SMILES string of the molecule is COC(=O)[C@@H](CC(C)C)Oc1ccc(C)cc1Br. The van der Waals surface area contributed by atoms with Crippen molar-refractivity contribution >= 4 is 21.9 Å². The second-order valence-corrected chi connectivity index (χ2v) is 5.55. The van der Waals surface area contributed by atoms with Gasteiger partial charge in [-0.05, 0) is 52.9 Å². The molecule has 0 N–H and O–H groups in total. The molecule has 100 valence electrons. The standard InChI is InChI=1S/C14H19BrO3/c1-9(2)7-13(14(16)17-4)18-12-6-5-10(3)8-11(12)15/h5-6,8-9,13H,7H2,1-4H3/t13-/m1/s1. The molecule has 18 heavy (non-hydrogen) atoms. The number of hydrogen-bond acceptors (Lipinski definition) is 3. The first-order valence-electron chi connectivity index (χ1n) is 5.94. The second kappa shape index (κ2) is 6.78. The topological polar surface area (TPSA) is 35.5 Å². The van der Waals surface area contributed by atoms with Gasteiger partial charge in [0.05, 0.1) is 11.6 Å². The first kappa shape index (κ1) is 15.0. The molecule has 1 aromatic carbocycles. The van der Waals surface area contributed by atoms with Crippen LogP contribution >= 0.6 is 15.9 Å². The second-order valence-electron chi connectivity index (χ2n) is 4.69. The maximum atomic E-state index is 11.7. The van der Waals surface area contributed by atoms with Gasteiger partial charge in [0.15, 0.2) is 6.10 Å². The van der Waals surface area contributed by atoms with E-state index in [-0.39, 0.29) is 5.97 Å². The van der Waals surface area contributed by atoms with Crippen LogP contribution in [-0.2, 0) is 9.53 Å². The van der Waals surface area contributed by atoms with E-state index in [9.17, 15) is 4.79 Å². The molecule has 0 saturated heterocycles. The number of carbonyl (C=O) groups excluding carboxylic acids is 1. The minimum absolute atomic E-state index is 0.337. The van der Waals surface area contributed by atoms with Crippen molar-refractivity contribution in [2.75, 3.05) is 7.11 Å². The number of ether oxygens (including phenoxy) is 2. The molecule has 0 bridgehead atoms. The van der Waals surface area contributed by atoms with E-state index in [1.54, 1.807) is 0 Å². The highest BCUT2D eigenvalue weighted by Crippen LogP contribution is 2.28. The van der Waals surface area contributed by atoms with Gasteiger partial charge in [-0.1, -0.05) is 19.9 Å². The molecule has 1 atom stereocenters. The summed E-state index contributed by atoms with van der Waals surface area (Å²) in [6.45, 7) is 6.09. The van der Waals surface area contributed by atoms with E-state index in [1.165, 1.54) is 7.11 Å². The Morgan fingerprint density at radius 3 is 2.56 bits per heavy atom. The molecule has 1 rings (SSSR count). The third-order valence-electron chi connectivity index (χ3n) is 2.51. The molecule has 0 aromatic heterocycles. The van der Waals surface area contributed by atoms with Crippen LogP contribution in [0.2, 0.25) is 0 Å². The van der Waals surface area contributed by atoms with Crippen molar-refractivity contribution in [2.45, 2.75) is 33.3 Å². The molecular formula is C14H19BrO3. The van der Waals surface area contributed by atoms with Crippen LogP contribution in [0.1, 0.15) is 25.8 Å². The number of halogens is 1. The largest absolute Gasteiger partial charge is 0.478 e. The van der Waals surface area contributed by atoms with Gasteiger partial charge in [0.25, 0.3) is 0 Å². The minimum Gasteiger partial charge on any atom is -0.478 e. The average molecular weight is 315 g/mol. The summed E-state index contributed by atoms with van der Waals surface area (Å²) in [5.74, 6) is 0.686. The Hall–Kier alpha value is -1.03. The van der Waals surface area contributed by atoms with Gasteiger partial charge >= 0.3 is 5.97 Å². The Kier molecular flexibility index (Phi) is 5.66. The average Bonchev–Trinajstić information content (AvgIpc) is 2.30. The van der Waals surface area contributed by atoms with Crippen LogP contribution < -0.4 is 4.74 Å². The predicted molar refractivity (Wildman–Crippen MR) is 74.8 cm³/mol. The first-order chi connectivity index (χ1) is 8.43. The summed E-state index contributed by atoms with van der Waals surface area (Å²) >= 11 is 3.44. The van der Waals surface area contributed by atoms with Gasteiger partial charge in [-0.2, -0.15) is 0 Å². The molecule has 1 aromatic rings. The maximum Gasteiger partial charge on any atom is 0.347 e. The zero-order valence-electron chi connectivity index (χ0n) is 11.2. The summed E-state index contributed by atoms with van der Waals surface area (Å²) in [5, 5.41) is 0. The van der Waals surface area contributed by atoms with Crippen LogP contribution in [-0.4, -0.2) is 19.2 Å². The summed E-state index contributed by atoms with van der Waals surface area (Å²) in [4.78, 5) is 11.7. The van der Waals surface area contributed by atoms with E-state index < -0.39 is 6.10 Å². The van der Waals surface area contributed by atoms with E-state index in [0.29, 0.717) is 18.1 Å². The highest BCUT2D eigenvalue weighted by atomic mass is 79.9. The fourth-order valence-electron chi connectivity index (χ4n) is 1.61. The lowest BCUT2D eigenvalue weighted by atomic mass is 10.1. The van der Waals surface area contributed by atoms with Crippen molar-refractivity contribution < 1.29 is 14.3 Å². The molecule has 0 aliphatic rings. The van der Waals surface area contributed by atoms with Crippen LogP contribution in [0.15, 0.2) is 22.7 Å². The Balaban J connectivity index is 2.85. The molecule has 0 heterocycles. The monoisotopic (exact) mass is 314 g/mol. The summed E-state index contributed by atoms with van der Waals surface area (Å²) in [7, 11) is 1.38. The predicted octanol–water partition coefficient (Wildman–Crippen LogP) is 3.72. The van der Waals surface area contributed by atoms with Crippen molar-refractivity contribution in [1.82, 2.24) is 0 Å². The van der Waals surface area contributed by atoms with E-state index in [0.717, 1.165) is 10.0 Å². The first-order valence-corrected chi connectivity index (χ1v) is 6.74. The molecule has 0 unspecified atom stereocenters. The smallest absolute Gasteiger partial charge is 0.347 e. The molecule has 0 fully saturated rings. The van der Waals surface area contributed by atoms with Crippen LogP contribution in [0.3, 0.4) is 0 Å². The number of methoxy groups -OCH3 is 1. The number of benzene rings is 1. The zero-order chi connectivity index (χ0) is 13.7. The lowest BCUT2D eigenvalue weighted by Gasteiger charge is -2.19. The Morgan fingerprint density at radius 2 is 2.06 bits per heavy atom. The van der Waals surface area contributed by atoms with Crippen molar-refractivity contribution in [3.8, 4) is 5.75 Å². The normalized spacial score (nSPS) is 12.3. The highest BCUT2D eigenvalue weighted by Gasteiger charge is 2.23.